The molecule has 86 valence electrons. The van der Waals surface area contributed by atoms with Crippen LogP contribution in [0, 0.1) is 0 Å². The van der Waals surface area contributed by atoms with E-state index < -0.39 is 0 Å². The van der Waals surface area contributed by atoms with Crippen molar-refractivity contribution in [3.8, 4) is 0 Å². The van der Waals surface area contributed by atoms with Crippen molar-refractivity contribution in [1.82, 2.24) is 10.6 Å². The molecule has 2 atom stereocenters. The number of hydrogen-bond acceptors (Lipinski definition) is 3. The molecule has 3 aliphatic heterocycles. The van der Waals surface area contributed by atoms with E-state index in [1.54, 1.807) is 0 Å². The van der Waals surface area contributed by atoms with Gasteiger partial charge in [0.05, 0.1) is 0 Å². The summed E-state index contributed by atoms with van der Waals surface area (Å²) in [6.07, 6.45) is 5.27. The molecule has 1 amide bonds. The molecule has 15 heavy (non-hydrogen) atoms. The maximum atomic E-state index is 11.2. The van der Waals surface area contributed by atoms with E-state index in [1.807, 2.05) is 0 Å². The minimum Gasteiger partial charge on any atom is -0.443 e. The number of amides is 1. The highest BCUT2D eigenvalue weighted by molar-refractivity contribution is 5.85. The first-order chi connectivity index (χ1) is 6.76. The average molecular weight is 233 g/mol. The van der Waals surface area contributed by atoms with E-state index in [1.165, 1.54) is 12.8 Å². The number of nitrogens with one attached hydrogen (secondary N) is 2. The number of ether oxygens (including phenoxy) is 1. The Hall–Kier alpha value is -0.480. The molecule has 2 unspecified atom stereocenters. The Morgan fingerprint density at radius 3 is 2.53 bits per heavy atom. The molecule has 0 aromatic heterocycles. The normalized spacial score (nSPS) is 43.1. The van der Waals surface area contributed by atoms with Crippen molar-refractivity contribution in [2.45, 2.75) is 49.8 Å². The Labute approximate surface area is 95.5 Å². The first kappa shape index (κ1) is 11.0. The van der Waals surface area contributed by atoms with Crippen LogP contribution < -0.4 is 10.6 Å². The zero-order valence-electron chi connectivity index (χ0n) is 8.62. The first-order valence-electron chi connectivity index (χ1n) is 5.49. The van der Waals surface area contributed by atoms with Gasteiger partial charge in [-0.1, -0.05) is 0 Å². The summed E-state index contributed by atoms with van der Waals surface area (Å²) >= 11 is 0. The minimum atomic E-state index is -0.224. The Balaban J connectivity index is 0.000000853. The third-order valence-corrected chi connectivity index (χ3v) is 3.73. The van der Waals surface area contributed by atoms with E-state index in [0.29, 0.717) is 12.1 Å². The number of rotatable bonds is 0. The molecule has 3 fully saturated rings. The third kappa shape index (κ3) is 1.93. The van der Waals surface area contributed by atoms with Crippen LogP contribution in [0.1, 0.15) is 32.1 Å². The molecule has 2 bridgehead atoms. The van der Waals surface area contributed by atoms with E-state index in [4.69, 9.17) is 4.74 Å². The molecule has 0 aliphatic carbocycles. The number of hydrogen-bond donors (Lipinski definition) is 2. The van der Waals surface area contributed by atoms with Crippen LogP contribution in [0.5, 0.6) is 0 Å². The topological polar surface area (TPSA) is 50.4 Å². The summed E-state index contributed by atoms with van der Waals surface area (Å²) in [6, 6.07) is 1.17. The van der Waals surface area contributed by atoms with Gasteiger partial charge in [-0.15, -0.1) is 12.4 Å². The van der Waals surface area contributed by atoms with E-state index in [9.17, 15) is 4.79 Å². The largest absolute Gasteiger partial charge is 0.443 e. The van der Waals surface area contributed by atoms with Crippen LogP contribution in [-0.4, -0.2) is 30.3 Å². The lowest BCUT2D eigenvalue weighted by Gasteiger charge is -2.42. The first-order valence-corrected chi connectivity index (χ1v) is 5.49. The van der Waals surface area contributed by atoms with Crippen LogP contribution in [0.25, 0.3) is 0 Å². The number of carbonyl (C=O) groups is 1. The second-order valence-corrected chi connectivity index (χ2v) is 4.80. The Morgan fingerprint density at radius 1 is 1.27 bits per heavy atom. The van der Waals surface area contributed by atoms with Crippen molar-refractivity contribution >= 4 is 18.5 Å². The van der Waals surface area contributed by atoms with Crippen LogP contribution in [0.2, 0.25) is 0 Å². The Bertz CT molecular complexity index is 260. The monoisotopic (exact) mass is 232 g/mol. The Kier molecular flexibility index (Phi) is 2.81. The summed E-state index contributed by atoms with van der Waals surface area (Å²) < 4.78 is 5.51. The summed E-state index contributed by atoms with van der Waals surface area (Å²) in [5.41, 5.74) is -0.139. The molecule has 3 rings (SSSR count). The molecule has 3 heterocycles. The Morgan fingerprint density at radius 2 is 1.93 bits per heavy atom. The van der Waals surface area contributed by atoms with Gasteiger partial charge in [-0.3, -0.25) is 0 Å². The van der Waals surface area contributed by atoms with Crippen molar-refractivity contribution in [1.29, 1.82) is 0 Å². The molecule has 0 aromatic carbocycles. The summed E-state index contributed by atoms with van der Waals surface area (Å²) in [5.74, 6) is 0. The number of piperidine rings is 1. The van der Waals surface area contributed by atoms with Gasteiger partial charge in [0.1, 0.15) is 5.60 Å². The van der Waals surface area contributed by atoms with Crippen molar-refractivity contribution in [3.63, 3.8) is 0 Å². The van der Waals surface area contributed by atoms with Gasteiger partial charge in [0.25, 0.3) is 0 Å². The van der Waals surface area contributed by atoms with Crippen LogP contribution in [0.3, 0.4) is 0 Å². The molecule has 0 radical (unpaired) electrons. The third-order valence-electron chi connectivity index (χ3n) is 3.73. The van der Waals surface area contributed by atoms with Crippen LogP contribution >= 0.6 is 12.4 Å². The van der Waals surface area contributed by atoms with Gasteiger partial charge >= 0.3 is 6.09 Å². The van der Waals surface area contributed by atoms with Crippen molar-refractivity contribution in [2.24, 2.45) is 0 Å². The molecule has 5 heteroatoms. The predicted octanol–water partition coefficient (Wildman–Crippen LogP) is 1.19. The lowest BCUT2D eigenvalue weighted by molar-refractivity contribution is -0.0451. The standard InChI is InChI=1S/C10H16N2O2.ClH/c13-9-11-4-3-10(14-9)5-7-1-2-8(6-10)12-7;/h7-8,12H,1-6H2,(H,11,13);1H. The summed E-state index contributed by atoms with van der Waals surface area (Å²) in [6.45, 7) is 0.776. The number of alkyl carbamates (subject to hydrolysis) is 1. The van der Waals surface area contributed by atoms with Crippen molar-refractivity contribution < 1.29 is 9.53 Å². The van der Waals surface area contributed by atoms with E-state index in [2.05, 4.69) is 10.6 Å². The lowest BCUT2D eigenvalue weighted by atomic mass is 9.84. The lowest BCUT2D eigenvalue weighted by Crippen LogP contribution is -2.55. The van der Waals surface area contributed by atoms with Gasteiger partial charge in [0.15, 0.2) is 0 Å². The van der Waals surface area contributed by atoms with Gasteiger partial charge in [0.2, 0.25) is 0 Å². The number of halogens is 1. The number of fused-ring (bicyclic) bond motifs is 2. The maximum absolute atomic E-state index is 11.2. The molecule has 1 spiro atoms. The van der Waals surface area contributed by atoms with Gasteiger partial charge in [-0.2, -0.15) is 0 Å². The van der Waals surface area contributed by atoms with Crippen LogP contribution in [-0.2, 0) is 4.74 Å². The summed E-state index contributed by atoms with van der Waals surface area (Å²) in [4.78, 5) is 11.2. The molecule has 4 nitrogen and oxygen atoms in total. The highest BCUT2D eigenvalue weighted by atomic mass is 35.5. The predicted molar refractivity (Wildman–Crippen MR) is 58.3 cm³/mol. The van der Waals surface area contributed by atoms with Gasteiger partial charge < -0.3 is 15.4 Å². The molecule has 0 aromatic rings. The van der Waals surface area contributed by atoms with Crippen molar-refractivity contribution in [2.75, 3.05) is 6.54 Å². The fraction of sp³-hybridized carbons (Fsp3) is 0.900. The van der Waals surface area contributed by atoms with Gasteiger partial charge in [0, 0.05) is 37.9 Å². The fourth-order valence-corrected chi connectivity index (χ4v) is 3.17. The summed E-state index contributed by atoms with van der Waals surface area (Å²) in [7, 11) is 0. The van der Waals surface area contributed by atoms with E-state index in [-0.39, 0.29) is 24.1 Å². The molecule has 2 N–H and O–H groups in total. The van der Waals surface area contributed by atoms with E-state index >= 15 is 0 Å². The second-order valence-electron chi connectivity index (χ2n) is 4.80. The average Bonchev–Trinajstić information content (AvgIpc) is 2.46. The zero-order chi connectivity index (χ0) is 9.60. The van der Waals surface area contributed by atoms with E-state index in [0.717, 1.165) is 25.8 Å². The van der Waals surface area contributed by atoms with Gasteiger partial charge in [-0.05, 0) is 12.8 Å². The summed E-state index contributed by atoms with van der Waals surface area (Å²) in [5, 5.41) is 6.29. The van der Waals surface area contributed by atoms with Crippen molar-refractivity contribution in [3.05, 3.63) is 0 Å². The van der Waals surface area contributed by atoms with Crippen LogP contribution in [0.15, 0.2) is 0 Å². The smallest absolute Gasteiger partial charge is 0.407 e. The highest BCUT2D eigenvalue weighted by Crippen LogP contribution is 2.39. The zero-order valence-corrected chi connectivity index (χ0v) is 9.44. The van der Waals surface area contributed by atoms with Gasteiger partial charge in [-0.25, -0.2) is 4.79 Å². The molecule has 3 aliphatic rings. The minimum absolute atomic E-state index is 0. The quantitative estimate of drug-likeness (QED) is 0.660. The number of carbonyl (C=O) groups excluding carboxylic acids is 1. The highest BCUT2D eigenvalue weighted by Gasteiger charge is 2.47. The molecule has 0 saturated carbocycles. The van der Waals surface area contributed by atoms with Crippen LogP contribution in [0.4, 0.5) is 4.79 Å². The second kappa shape index (κ2) is 3.83. The molecular weight excluding hydrogens is 216 g/mol. The maximum Gasteiger partial charge on any atom is 0.407 e. The SMILES string of the molecule is Cl.O=C1NCCC2(CC3CCC(C2)N3)O1. The molecular formula is C10H17ClN2O2. The molecule has 3 saturated heterocycles. The fourth-order valence-electron chi connectivity index (χ4n) is 3.17.